The molecule has 1 aliphatic rings. The molecule has 33 heavy (non-hydrogen) atoms. The highest BCUT2D eigenvalue weighted by Gasteiger charge is 2.30. The number of carbonyl (C=O) groups is 2. The zero-order valence-corrected chi connectivity index (χ0v) is 20.8. The van der Waals surface area contributed by atoms with E-state index in [-0.39, 0.29) is 22.3 Å². The summed E-state index contributed by atoms with van der Waals surface area (Å²) in [5.74, 6) is 0.0468. The summed E-state index contributed by atoms with van der Waals surface area (Å²) in [6.07, 6.45) is 1.67. The molecule has 3 rings (SSSR count). The van der Waals surface area contributed by atoms with E-state index in [2.05, 4.69) is 12.2 Å². The van der Waals surface area contributed by atoms with E-state index >= 15 is 0 Å². The number of anilines is 1. The Hall–Kier alpha value is -2.71. The minimum absolute atomic E-state index is 0.0766. The maximum atomic E-state index is 13.4. The van der Waals surface area contributed by atoms with Gasteiger partial charge in [0, 0.05) is 44.9 Å². The molecule has 7 nitrogen and oxygen atoms in total. The highest BCUT2D eigenvalue weighted by molar-refractivity contribution is 7.89. The highest BCUT2D eigenvalue weighted by Crippen LogP contribution is 2.28. The third-order valence-corrected chi connectivity index (χ3v) is 8.48. The average molecular weight is 472 g/mol. The number of aryl methyl sites for hydroxylation is 1. The van der Waals surface area contributed by atoms with E-state index in [1.165, 1.54) is 17.3 Å². The molecule has 0 aromatic heterocycles. The molecular formula is C25H33N3O4S. The van der Waals surface area contributed by atoms with E-state index < -0.39 is 10.0 Å². The predicted octanol–water partition coefficient (Wildman–Crippen LogP) is 3.95. The van der Waals surface area contributed by atoms with Crippen molar-refractivity contribution in [3.63, 3.8) is 0 Å². The molecule has 8 heteroatoms. The van der Waals surface area contributed by atoms with Gasteiger partial charge in [0.25, 0.3) is 5.91 Å². The van der Waals surface area contributed by atoms with Crippen LogP contribution < -0.4 is 5.32 Å². The number of rotatable bonds is 6. The van der Waals surface area contributed by atoms with Gasteiger partial charge in [0.2, 0.25) is 15.9 Å². The number of nitrogens with one attached hydrogen (secondary N) is 1. The Labute approximate surface area is 196 Å². The fourth-order valence-electron chi connectivity index (χ4n) is 3.93. The lowest BCUT2D eigenvalue weighted by Crippen LogP contribution is -2.38. The van der Waals surface area contributed by atoms with Crippen LogP contribution in [0.5, 0.6) is 0 Å². The molecule has 0 atom stereocenters. The normalized spacial score (nSPS) is 15.3. The molecular weight excluding hydrogens is 438 g/mol. The fraction of sp³-hybridized carbons (Fsp3) is 0.440. The molecule has 0 unspecified atom stereocenters. The molecule has 0 bridgehead atoms. The van der Waals surface area contributed by atoms with Crippen LogP contribution in [-0.2, 0) is 21.4 Å². The summed E-state index contributed by atoms with van der Waals surface area (Å²) in [5, 5.41) is 2.90. The molecule has 2 aromatic carbocycles. The average Bonchev–Trinajstić information content (AvgIpc) is 2.76. The lowest BCUT2D eigenvalue weighted by atomic mass is 10.0. The van der Waals surface area contributed by atoms with Gasteiger partial charge in [-0.2, -0.15) is 4.31 Å². The Bertz CT molecular complexity index is 1150. The lowest BCUT2D eigenvalue weighted by Gasteiger charge is -2.30. The molecule has 1 fully saturated rings. The number of piperidine rings is 1. The SMILES string of the molecule is CC(=O)N(C)Cc1ccccc1NC(=O)c1cc(C)c(C)c(S(=O)(=O)N2CCC(C)CC2)c1. The van der Waals surface area contributed by atoms with E-state index in [9.17, 15) is 18.0 Å². The van der Waals surface area contributed by atoms with Gasteiger partial charge in [0.15, 0.2) is 0 Å². The summed E-state index contributed by atoms with van der Waals surface area (Å²) in [6, 6.07) is 10.5. The highest BCUT2D eigenvalue weighted by atomic mass is 32.2. The van der Waals surface area contributed by atoms with E-state index in [0.717, 1.165) is 24.0 Å². The molecule has 2 amide bonds. The molecule has 1 N–H and O–H groups in total. The Morgan fingerprint density at radius 2 is 1.76 bits per heavy atom. The predicted molar refractivity (Wildman–Crippen MR) is 130 cm³/mol. The monoisotopic (exact) mass is 471 g/mol. The zero-order valence-electron chi connectivity index (χ0n) is 20.0. The van der Waals surface area contributed by atoms with Crippen molar-refractivity contribution >= 4 is 27.5 Å². The molecule has 2 aromatic rings. The van der Waals surface area contributed by atoms with Crippen LogP contribution in [0.2, 0.25) is 0 Å². The number of carbonyl (C=O) groups excluding carboxylic acids is 2. The standard InChI is InChI=1S/C25H33N3O4S/c1-17-10-12-28(13-11-17)33(31,32)24-15-22(14-18(2)19(24)3)25(30)26-23-9-7-6-8-21(23)16-27(5)20(4)29/h6-9,14-15,17H,10-13,16H2,1-5H3,(H,26,30). The van der Waals surface area contributed by atoms with Gasteiger partial charge in [0.1, 0.15) is 0 Å². The number of sulfonamides is 1. The van der Waals surface area contributed by atoms with Gasteiger partial charge in [-0.25, -0.2) is 8.42 Å². The summed E-state index contributed by atoms with van der Waals surface area (Å²) in [5.41, 5.74) is 3.08. The van der Waals surface area contributed by atoms with Crippen LogP contribution in [0, 0.1) is 19.8 Å². The number of amides is 2. The maximum Gasteiger partial charge on any atom is 0.255 e. The van der Waals surface area contributed by atoms with Crippen molar-refractivity contribution in [2.45, 2.75) is 52.0 Å². The molecule has 1 aliphatic heterocycles. The minimum atomic E-state index is -3.69. The van der Waals surface area contributed by atoms with Gasteiger partial charge >= 0.3 is 0 Å². The van der Waals surface area contributed by atoms with Crippen molar-refractivity contribution in [2.75, 3.05) is 25.5 Å². The summed E-state index contributed by atoms with van der Waals surface area (Å²) in [6.45, 7) is 8.57. The van der Waals surface area contributed by atoms with Crippen molar-refractivity contribution < 1.29 is 18.0 Å². The minimum Gasteiger partial charge on any atom is -0.342 e. The van der Waals surface area contributed by atoms with Gasteiger partial charge < -0.3 is 10.2 Å². The molecule has 0 aliphatic carbocycles. The summed E-state index contributed by atoms with van der Waals surface area (Å²) in [7, 11) is -1.99. The van der Waals surface area contributed by atoms with E-state index in [4.69, 9.17) is 0 Å². The first-order valence-corrected chi connectivity index (χ1v) is 12.7. The Morgan fingerprint density at radius 1 is 1.12 bits per heavy atom. The zero-order chi connectivity index (χ0) is 24.3. The second-order valence-electron chi connectivity index (χ2n) is 8.99. The summed E-state index contributed by atoms with van der Waals surface area (Å²) in [4.78, 5) is 26.5. The summed E-state index contributed by atoms with van der Waals surface area (Å²) >= 11 is 0. The largest absolute Gasteiger partial charge is 0.342 e. The Kier molecular flexibility index (Phi) is 7.59. The van der Waals surface area contributed by atoms with Gasteiger partial charge in [-0.05, 0) is 67.5 Å². The van der Waals surface area contributed by atoms with Crippen molar-refractivity contribution in [2.24, 2.45) is 5.92 Å². The smallest absolute Gasteiger partial charge is 0.255 e. The third-order valence-electron chi connectivity index (χ3n) is 6.45. The number of benzene rings is 2. The lowest BCUT2D eigenvalue weighted by molar-refractivity contribution is -0.128. The van der Waals surface area contributed by atoms with Gasteiger partial charge in [-0.15, -0.1) is 0 Å². The molecule has 0 spiro atoms. The topological polar surface area (TPSA) is 86.8 Å². The van der Waals surface area contributed by atoms with Crippen molar-refractivity contribution in [3.8, 4) is 0 Å². The van der Waals surface area contributed by atoms with Crippen LogP contribution in [0.4, 0.5) is 5.69 Å². The molecule has 1 heterocycles. The number of nitrogens with zero attached hydrogens (tertiary/aromatic N) is 2. The Balaban J connectivity index is 1.90. The van der Waals surface area contributed by atoms with Crippen LogP contribution in [0.1, 0.15) is 53.7 Å². The maximum absolute atomic E-state index is 13.4. The Morgan fingerprint density at radius 3 is 2.39 bits per heavy atom. The fourth-order valence-corrected chi connectivity index (χ4v) is 5.73. The van der Waals surface area contributed by atoms with Crippen LogP contribution in [-0.4, -0.2) is 49.6 Å². The van der Waals surface area contributed by atoms with Crippen LogP contribution in [0.15, 0.2) is 41.3 Å². The first-order valence-electron chi connectivity index (χ1n) is 11.2. The molecule has 0 saturated carbocycles. The molecule has 0 radical (unpaired) electrons. The second kappa shape index (κ2) is 10.1. The van der Waals surface area contributed by atoms with Crippen molar-refractivity contribution in [1.82, 2.24) is 9.21 Å². The van der Waals surface area contributed by atoms with Crippen LogP contribution in [0.3, 0.4) is 0 Å². The van der Waals surface area contributed by atoms with Crippen molar-refractivity contribution in [1.29, 1.82) is 0 Å². The van der Waals surface area contributed by atoms with Gasteiger partial charge in [-0.3, -0.25) is 9.59 Å². The van der Waals surface area contributed by atoms with Gasteiger partial charge in [-0.1, -0.05) is 25.1 Å². The van der Waals surface area contributed by atoms with Crippen molar-refractivity contribution in [3.05, 3.63) is 58.7 Å². The second-order valence-corrected chi connectivity index (χ2v) is 10.9. The van der Waals surface area contributed by atoms with E-state index in [0.29, 0.717) is 36.8 Å². The number of para-hydroxylation sites is 1. The van der Waals surface area contributed by atoms with E-state index in [1.807, 2.05) is 19.1 Å². The first-order chi connectivity index (χ1) is 15.5. The summed E-state index contributed by atoms with van der Waals surface area (Å²) < 4.78 is 28.3. The van der Waals surface area contributed by atoms with Gasteiger partial charge in [0.05, 0.1) is 4.90 Å². The van der Waals surface area contributed by atoms with Crippen LogP contribution in [0.25, 0.3) is 0 Å². The first kappa shape index (κ1) is 24.9. The molecule has 178 valence electrons. The van der Waals surface area contributed by atoms with Crippen LogP contribution >= 0.6 is 0 Å². The number of hydrogen-bond donors (Lipinski definition) is 1. The van der Waals surface area contributed by atoms with E-state index in [1.54, 1.807) is 37.1 Å². The molecule has 1 saturated heterocycles. The quantitative estimate of drug-likeness (QED) is 0.691. The number of hydrogen-bond acceptors (Lipinski definition) is 4. The third kappa shape index (κ3) is 5.62.